The van der Waals surface area contributed by atoms with Crippen LogP contribution in [0.2, 0.25) is 0 Å². The van der Waals surface area contributed by atoms with Crippen molar-refractivity contribution in [1.29, 1.82) is 0 Å². The van der Waals surface area contributed by atoms with Gasteiger partial charge in [0, 0.05) is 44.0 Å². The van der Waals surface area contributed by atoms with Gasteiger partial charge in [0.1, 0.15) is 0 Å². The van der Waals surface area contributed by atoms with Crippen LogP contribution in [-0.4, -0.2) is 34.3 Å². The molecule has 2 amide bonds. The number of nitrogens with one attached hydrogen (secondary N) is 2. The number of anilines is 2. The molecule has 2 aromatic rings. The van der Waals surface area contributed by atoms with Gasteiger partial charge in [-0.1, -0.05) is 29.8 Å². The zero-order valence-corrected chi connectivity index (χ0v) is 15.8. The molecule has 2 heterocycles. The number of carbonyl (C=O) groups is 2. The first-order valence-electron chi connectivity index (χ1n) is 8.71. The summed E-state index contributed by atoms with van der Waals surface area (Å²) in [5.41, 5.74) is 2.32. The third kappa shape index (κ3) is 4.78. The van der Waals surface area contributed by atoms with Crippen molar-refractivity contribution >= 4 is 34.4 Å². The lowest BCUT2D eigenvalue weighted by atomic mass is 9.96. The number of aryl methyl sites for hydroxylation is 1. The zero-order valence-electron chi connectivity index (χ0n) is 15.0. The van der Waals surface area contributed by atoms with Gasteiger partial charge in [-0.3, -0.25) is 14.9 Å². The molecule has 1 saturated heterocycles. The number of amides is 2. The fourth-order valence-corrected chi connectivity index (χ4v) is 3.72. The first-order valence-corrected chi connectivity index (χ1v) is 9.48. The van der Waals surface area contributed by atoms with Crippen LogP contribution in [0.3, 0.4) is 0 Å². The van der Waals surface area contributed by atoms with Crippen LogP contribution < -0.4 is 15.5 Å². The molecule has 138 valence electrons. The molecule has 1 aromatic heterocycles. The molecule has 0 atom stereocenters. The van der Waals surface area contributed by atoms with Crippen LogP contribution in [0, 0.1) is 12.8 Å². The van der Waals surface area contributed by atoms with Crippen molar-refractivity contribution < 1.29 is 9.59 Å². The number of carbonyl (C=O) groups excluding carboxylic acids is 2. The van der Waals surface area contributed by atoms with Gasteiger partial charge in [0.15, 0.2) is 0 Å². The zero-order chi connectivity index (χ0) is 18.5. The molecular formula is C18H23N5O2S. The minimum absolute atomic E-state index is 0.0267. The van der Waals surface area contributed by atoms with Gasteiger partial charge in [-0.25, -0.2) is 0 Å². The molecule has 0 radical (unpaired) electrons. The average Bonchev–Trinajstić information content (AvgIpc) is 3.07. The summed E-state index contributed by atoms with van der Waals surface area (Å²) in [7, 11) is 0. The molecule has 0 aliphatic carbocycles. The predicted octanol–water partition coefficient (Wildman–Crippen LogP) is 2.34. The Balaban J connectivity index is 1.47. The number of hydrogen-bond acceptors (Lipinski definition) is 6. The van der Waals surface area contributed by atoms with E-state index >= 15 is 0 Å². The lowest BCUT2D eigenvalue weighted by Crippen LogP contribution is -2.40. The summed E-state index contributed by atoms with van der Waals surface area (Å²) >= 11 is 1.27. The molecular weight excluding hydrogens is 350 g/mol. The SMILES string of the molecule is CC(=O)Nc1nsc(N2CCC(C(=O)NCc3cccc(C)c3)CC2)n1. The van der Waals surface area contributed by atoms with Crippen molar-refractivity contribution in [2.75, 3.05) is 23.3 Å². The monoisotopic (exact) mass is 373 g/mol. The molecule has 26 heavy (non-hydrogen) atoms. The fourth-order valence-electron chi connectivity index (χ4n) is 3.04. The van der Waals surface area contributed by atoms with Crippen LogP contribution in [0.25, 0.3) is 0 Å². The van der Waals surface area contributed by atoms with E-state index in [1.54, 1.807) is 0 Å². The van der Waals surface area contributed by atoms with Crippen molar-refractivity contribution in [3.05, 3.63) is 35.4 Å². The Morgan fingerprint density at radius 2 is 2.08 bits per heavy atom. The Hall–Kier alpha value is -2.48. The van der Waals surface area contributed by atoms with Crippen molar-refractivity contribution in [1.82, 2.24) is 14.7 Å². The molecule has 1 aromatic carbocycles. The highest BCUT2D eigenvalue weighted by Crippen LogP contribution is 2.26. The lowest BCUT2D eigenvalue weighted by Gasteiger charge is -2.30. The minimum atomic E-state index is -0.182. The van der Waals surface area contributed by atoms with Crippen LogP contribution >= 0.6 is 11.5 Å². The smallest absolute Gasteiger partial charge is 0.243 e. The molecule has 0 saturated carbocycles. The Kier molecular flexibility index (Phi) is 5.82. The van der Waals surface area contributed by atoms with E-state index in [2.05, 4.69) is 31.0 Å². The molecule has 1 fully saturated rings. The number of nitrogens with zero attached hydrogens (tertiary/aromatic N) is 3. The highest BCUT2D eigenvalue weighted by Gasteiger charge is 2.26. The second-order valence-corrected chi connectivity index (χ2v) is 7.28. The van der Waals surface area contributed by atoms with Crippen molar-refractivity contribution in [2.24, 2.45) is 5.92 Å². The minimum Gasteiger partial charge on any atom is -0.352 e. The van der Waals surface area contributed by atoms with Crippen LogP contribution in [0.1, 0.15) is 30.9 Å². The highest BCUT2D eigenvalue weighted by molar-refractivity contribution is 7.09. The molecule has 0 spiro atoms. The number of benzene rings is 1. The van der Waals surface area contributed by atoms with Crippen LogP contribution in [0.4, 0.5) is 11.1 Å². The van der Waals surface area contributed by atoms with Gasteiger partial charge >= 0.3 is 0 Å². The van der Waals surface area contributed by atoms with E-state index in [9.17, 15) is 9.59 Å². The lowest BCUT2D eigenvalue weighted by molar-refractivity contribution is -0.125. The number of hydrogen-bond donors (Lipinski definition) is 2. The van der Waals surface area contributed by atoms with Crippen molar-refractivity contribution in [2.45, 2.75) is 33.2 Å². The molecule has 0 bridgehead atoms. The topological polar surface area (TPSA) is 87.2 Å². The average molecular weight is 373 g/mol. The first-order chi connectivity index (χ1) is 12.5. The Labute approximate surface area is 157 Å². The van der Waals surface area contributed by atoms with E-state index in [4.69, 9.17) is 0 Å². The van der Waals surface area contributed by atoms with Crippen LogP contribution in [-0.2, 0) is 16.1 Å². The molecule has 2 N–H and O–H groups in total. The standard InChI is InChI=1S/C18H23N5O2S/c1-12-4-3-5-14(10-12)11-19-16(25)15-6-8-23(9-7-15)18-21-17(22-26-18)20-13(2)24/h3-5,10,15H,6-9,11H2,1-2H3,(H,19,25)(H,20,22,24). The van der Waals surface area contributed by atoms with Gasteiger partial charge in [-0.2, -0.15) is 9.36 Å². The van der Waals surface area contributed by atoms with E-state index < -0.39 is 0 Å². The van der Waals surface area contributed by atoms with Gasteiger partial charge in [0.2, 0.25) is 22.9 Å². The van der Waals surface area contributed by atoms with Gasteiger partial charge in [-0.05, 0) is 25.3 Å². The number of aromatic nitrogens is 2. The Bertz CT molecular complexity index is 783. The van der Waals surface area contributed by atoms with Gasteiger partial charge in [0.25, 0.3) is 0 Å². The molecule has 7 nitrogen and oxygen atoms in total. The van der Waals surface area contributed by atoms with Gasteiger partial charge < -0.3 is 10.2 Å². The van der Waals surface area contributed by atoms with E-state index in [1.165, 1.54) is 24.0 Å². The van der Waals surface area contributed by atoms with Crippen molar-refractivity contribution in [3.63, 3.8) is 0 Å². The van der Waals surface area contributed by atoms with Crippen molar-refractivity contribution in [3.8, 4) is 0 Å². The van der Waals surface area contributed by atoms with E-state index in [-0.39, 0.29) is 17.7 Å². The summed E-state index contributed by atoms with van der Waals surface area (Å²) in [6.45, 7) is 5.57. The third-order valence-corrected chi connectivity index (χ3v) is 5.17. The largest absolute Gasteiger partial charge is 0.352 e. The van der Waals surface area contributed by atoms with Crippen LogP contribution in [0.5, 0.6) is 0 Å². The molecule has 0 unspecified atom stereocenters. The normalized spacial score (nSPS) is 14.9. The molecule has 1 aliphatic rings. The maximum atomic E-state index is 12.4. The maximum Gasteiger partial charge on any atom is 0.243 e. The maximum absolute atomic E-state index is 12.4. The number of rotatable bonds is 5. The van der Waals surface area contributed by atoms with E-state index in [0.29, 0.717) is 12.5 Å². The molecule has 1 aliphatic heterocycles. The second kappa shape index (κ2) is 8.27. The summed E-state index contributed by atoms with van der Waals surface area (Å²) in [5, 5.41) is 6.42. The number of piperidine rings is 1. The highest BCUT2D eigenvalue weighted by atomic mass is 32.1. The third-order valence-electron chi connectivity index (χ3n) is 4.39. The quantitative estimate of drug-likeness (QED) is 0.840. The summed E-state index contributed by atoms with van der Waals surface area (Å²) in [6.07, 6.45) is 1.57. The predicted molar refractivity (Wildman–Crippen MR) is 102 cm³/mol. The van der Waals surface area contributed by atoms with E-state index in [1.807, 2.05) is 25.1 Å². The Morgan fingerprint density at radius 1 is 1.31 bits per heavy atom. The first kappa shape index (κ1) is 18.3. The summed E-state index contributed by atoms with van der Waals surface area (Å²) < 4.78 is 4.13. The summed E-state index contributed by atoms with van der Waals surface area (Å²) in [6, 6.07) is 8.17. The molecule has 8 heteroatoms. The fraction of sp³-hybridized carbons (Fsp3) is 0.444. The van der Waals surface area contributed by atoms with E-state index in [0.717, 1.165) is 36.6 Å². The second-order valence-electron chi connectivity index (χ2n) is 6.55. The van der Waals surface area contributed by atoms with Gasteiger partial charge in [0.05, 0.1) is 0 Å². The van der Waals surface area contributed by atoms with Gasteiger partial charge in [-0.15, -0.1) is 0 Å². The summed E-state index contributed by atoms with van der Waals surface area (Å²) in [5.74, 6) is 0.301. The Morgan fingerprint density at radius 3 is 2.77 bits per heavy atom. The van der Waals surface area contributed by atoms with Crippen LogP contribution in [0.15, 0.2) is 24.3 Å². The summed E-state index contributed by atoms with van der Waals surface area (Å²) in [4.78, 5) is 29.9. The molecule has 3 rings (SSSR count).